The molecule has 1 aromatic heterocycles. The molecule has 3 rings (SSSR count). The molecule has 168 valence electrons. The van der Waals surface area contributed by atoms with Crippen LogP contribution in [0.2, 0.25) is 0 Å². The Balaban J connectivity index is 0.000000396. The molecule has 2 fully saturated rings. The Morgan fingerprint density at radius 1 is 1.03 bits per heavy atom. The van der Waals surface area contributed by atoms with E-state index in [1.54, 1.807) is 0 Å². The van der Waals surface area contributed by atoms with Crippen molar-refractivity contribution in [1.29, 1.82) is 0 Å². The van der Waals surface area contributed by atoms with Crippen molar-refractivity contribution in [3.63, 3.8) is 0 Å². The number of urea groups is 1. The van der Waals surface area contributed by atoms with Crippen LogP contribution in [0.3, 0.4) is 0 Å². The number of nitrogens with one attached hydrogen (secondary N) is 2. The lowest BCUT2D eigenvalue weighted by atomic mass is 9.92. The monoisotopic (exact) mass is 431 g/mol. The van der Waals surface area contributed by atoms with Gasteiger partial charge in [-0.25, -0.2) is 14.6 Å². The van der Waals surface area contributed by atoms with Crippen LogP contribution < -0.4 is 21.3 Å². The molecule has 8 nitrogen and oxygen atoms in total. The highest BCUT2D eigenvalue weighted by molar-refractivity contribution is 5.74. The first kappa shape index (κ1) is 23.7. The average Bonchev–Trinajstić information content (AvgIpc) is 2.71. The van der Waals surface area contributed by atoms with Gasteiger partial charge >= 0.3 is 18.2 Å². The zero-order valence-electron chi connectivity index (χ0n) is 16.6. The van der Waals surface area contributed by atoms with Crippen molar-refractivity contribution >= 4 is 17.8 Å². The maximum atomic E-state index is 12.1. The fraction of sp³-hybridized carbons (Fsp3) is 0.632. The first-order chi connectivity index (χ1) is 14.1. The summed E-state index contributed by atoms with van der Waals surface area (Å²) in [6.07, 6.45) is 2.66. The van der Waals surface area contributed by atoms with Crippen LogP contribution in [0.25, 0.3) is 0 Å². The highest BCUT2D eigenvalue weighted by atomic mass is 19.4. The highest BCUT2D eigenvalue weighted by Crippen LogP contribution is 2.18. The number of pyridine rings is 1. The SMILES string of the molecule is NC1CCC(NC(=O)NC2CCN(c3ccccn3)CC2)CC1.O=C(O)C(F)(F)F. The summed E-state index contributed by atoms with van der Waals surface area (Å²) in [5, 5.41) is 13.3. The number of anilines is 1. The van der Waals surface area contributed by atoms with E-state index in [-0.39, 0.29) is 18.1 Å². The molecule has 30 heavy (non-hydrogen) atoms. The molecule has 1 saturated carbocycles. The molecule has 1 aliphatic heterocycles. The molecular weight excluding hydrogens is 403 g/mol. The Hall–Kier alpha value is -2.56. The summed E-state index contributed by atoms with van der Waals surface area (Å²) in [5.74, 6) is -1.73. The number of piperidine rings is 1. The summed E-state index contributed by atoms with van der Waals surface area (Å²) < 4.78 is 31.7. The van der Waals surface area contributed by atoms with Gasteiger partial charge < -0.3 is 26.4 Å². The normalized spacial score (nSPS) is 22.5. The second-order valence-corrected chi connectivity index (χ2v) is 7.48. The van der Waals surface area contributed by atoms with Crippen molar-refractivity contribution in [2.45, 2.75) is 62.8 Å². The second-order valence-electron chi connectivity index (χ2n) is 7.48. The van der Waals surface area contributed by atoms with Crippen molar-refractivity contribution in [2.24, 2.45) is 5.73 Å². The third-order valence-corrected chi connectivity index (χ3v) is 5.15. The fourth-order valence-electron chi connectivity index (χ4n) is 3.47. The minimum Gasteiger partial charge on any atom is -0.475 e. The maximum Gasteiger partial charge on any atom is 0.490 e. The smallest absolute Gasteiger partial charge is 0.475 e. The molecule has 2 amide bonds. The first-order valence-electron chi connectivity index (χ1n) is 9.94. The molecule has 2 aliphatic rings. The molecule has 5 N–H and O–H groups in total. The molecule has 1 aromatic rings. The Bertz CT molecular complexity index is 674. The van der Waals surface area contributed by atoms with E-state index in [0.717, 1.165) is 57.4 Å². The third kappa shape index (κ3) is 8.05. The summed E-state index contributed by atoms with van der Waals surface area (Å²) in [5.41, 5.74) is 5.90. The van der Waals surface area contributed by atoms with Crippen LogP contribution in [0.4, 0.5) is 23.8 Å². The summed E-state index contributed by atoms with van der Waals surface area (Å²) in [7, 11) is 0. The minimum atomic E-state index is -5.08. The lowest BCUT2D eigenvalue weighted by Gasteiger charge is -2.34. The van der Waals surface area contributed by atoms with Gasteiger partial charge in [0.1, 0.15) is 5.82 Å². The number of nitrogens with zero attached hydrogens (tertiary/aromatic N) is 2. The van der Waals surface area contributed by atoms with E-state index < -0.39 is 12.1 Å². The van der Waals surface area contributed by atoms with Gasteiger partial charge in [-0.05, 0) is 50.7 Å². The number of amides is 2. The number of carboxylic acids is 1. The molecule has 0 spiro atoms. The van der Waals surface area contributed by atoms with E-state index in [4.69, 9.17) is 15.6 Å². The summed E-state index contributed by atoms with van der Waals surface area (Å²) in [6.45, 7) is 1.86. The summed E-state index contributed by atoms with van der Waals surface area (Å²) >= 11 is 0. The minimum absolute atomic E-state index is 0.0262. The zero-order chi connectivity index (χ0) is 22.1. The number of halogens is 3. The third-order valence-electron chi connectivity index (χ3n) is 5.15. The summed E-state index contributed by atoms with van der Waals surface area (Å²) in [4.78, 5) is 27.7. The largest absolute Gasteiger partial charge is 0.490 e. The lowest BCUT2D eigenvalue weighted by molar-refractivity contribution is -0.192. The molecule has 0 unspecified atom stereocenters. The molecule has 11 heteroatoms. The number of carboxylic acid groups (broad SMARTS) is 1. The Morgan fingerprint density at radius 2 is 1.57 bits per heavy atom. The predicted molar refractivity (Wildman–Crippen MR) is 105 cm³/mol. The molecule has 0 bridgehead atoms. The van der Waals surface area contributed by atoms with Crippen LogP contribution in [-0.2, 0) is 4.79 Å². The van der Waals surface area contributed by atoms with Gasteiger partial charge in [-0.3, -0.25) is 0 Å². The molecule has 1 saturated heterocycles. The van der Waals surface area contributed by atoms with Crippen molar-refractivity contribution < 1.29 is 27.9 Å². The first-order valence-corrected chi connectivity index (χ1v) is 9.94. The number of rotatable bonds is 3. The number of nitrogens with two attached hydrogens (primary N) is 1. The van der Waals surface area contributed by atoms with Gasteiger partial charge in [-0.15, -0.1) is 0 Å². The van der Waals surface area contributed by atoms with E-state index in [0.29, 0.717) is 6.04 Å². The molecule has 0 aromatic carbocycles. The standard InChI is InChI=1S/C17H27N5O.C2HF3O2/c18-13-4-6-14(7-5-13)20-17(23)21-15-8-11-22(12-9-15)16-3-1-2-10-19-16;3-2(4,5)1(6)7/h1-3,10,13-15H,4-9,11-12,18H2,(H2,20,21,23);(H,6,7). The average molecular weight is 431 g/mol. The van der Waals surface area contributed by atoms with Gasteiger partial charge in [-0.1, -0.05) is 6.07 Å². The zero-order valence-corrected chi connectivity index (χ0v) is 16.6. The fourth-order valence-corrected chi connectivity index (χ4v) is 3.47. The maximum absolute atomic E-state index is 12.1. The van der Waals surface area contributed by atoms with Gasteiger partial charge in [0.25, 0.3) is 0 Å². The molecular formula is C19H28F3N5O3. The van der Waals surface area contributed by atoms with Gasteiger partial charge in [0, 0.05) is 37.4 Å². The van der Waals surface area contributed by atoms with Crippen LogP contribution in [-0.4, -0.2) is 59.5 Å². The van der Waals surface area contributed by atoms with Crippen molar-refractivity contribution in [1.82, 2.24) is 15.6 Å². The van der Waals surface area contributed by atoms with Crippen LogP contribution in [0.5, 0.6) is 0 Å². The number of hydrogen-bond donors (Lipinski definition) is 4. The van der Waals surface area contributed by atoms with Gasteiger partial charge in [-0.2, -0.15) is 13.2 Å². The lowest BCUT2D eigenvalue weighted by Crippen LogP contribution is -2.51. The number of aliphatic carboxylic acids is 1. The van der Waals surface area contributed by atoms with E-state index in [1.165, 1.54) is 0 Å². The molecule has 0 atom stereocenters. The number of alkyl halides is 3. The van der Waals surface area contributed by atoms with E-state index in [9.17, 15) is 18.0 Å². The number of carbonyl (C=O) groups excluding carboxylic acids is 1. The molecule has 1 aliphatic carbocycles. The Labute approximate surface area is 173 Å². The number of aromatic nitrogens is 1. The molecule has 2 heterocycles. The highest BCUT2D eigenvalue weighted by Gasteiger charge is 2.38. The quantitative estimate of drug-likeness (QED) is 0.583. The van der Waals surface area contributed by atoms with Crippen molar-refractivity contribution in [3.05, 3.63) is 24.4 Å². The van der Waals surface area contributed by atoms with E-state index in [2.05, 4.69) is 20.5 Å². The molecule has 0 radical (unpaired) electrons. The number of carbonyl (C=O) groups is 2. The van der Waals surface area contributed by atoms with Crippen LogP contribution in [0, 0.1) is 0 Å². The summed E-state index contributed by atoms with van der Waals surface area (Å²) in [6, 6.07) is 6.79. The van der Waals surface area contributed by atoms with Crippen LogP contribution >= 0.6 is 0 Å². The van der Waals surface area contributed by atoms with Crippen molar-refractivity contribution in [2.75, 3.05) is 18.0 Å². The van der Waals surface area contributed by atoms with Gasteiger partial charge in [0.05, 0.1) is 0 Å². The van der Waals surface area contributed by atoms with E-state index >= 15 is 0 Å². The second kappa shape index (κ2) is 11.0. The Kier molecular flexibility index (Phi) is 8.70. The van der Waals surface area contributed by atoms with Crippen LogP contribution in [0.1, 0.15) is 38.5 Å². The number of hydrogen-bond acceptors (Lipinski definition) is 5. The van der Waals surface area contributed by atoms with Crippen molar-refractivity contribution in [3.8, 4) is 0 Å². The van der Waals surface area contributed by atoms with Gasteiger partial charge in [0.2, 0.25) is 0 Å². The van der Waals surface area contributed by atoms with Gasteiger partial charge in [0.15, 0.2) is 0 Å². The predicted octanol–water partition coefficient (Wildman–Crippen LogP) is 2.25. The Morgan fingerprint density at radius 3 is 2.03 bits per heavy atom. The van der Waals surface area contributed by atoms with E-state index in [1.807, 2.05) is 24.4 Å². The van der Waals surface area contributed by atoms with Crippen LogP contribution in [0.15, 0.2) is 24.4 Å². The topological polar surface area (TPSA) is 121 Å².